The van der Waals surface area contributed by atoms with Crippen molar-refractivity contribution in [1.29, 1.82) is 0 Å². The summed E-state index contributed by atoms with van der Waals surface area (Å²) in [7, 11) is 1.68. The summed E-state index contributed by atoms with van der Waals surface area (Å²) in [4.78, 5) is 112. The predicted octanol–water partition coefficient (Wildman–Crippen LogP) is -2.34. The van der Waals surface area contributed by atoms with Crippen LogP contribution in [0.5, 0.6) is 5.75 Å². The summed E-state index contributed by atoms with van der Waals surface area (Å²) in [6.45, 7) is 1.67. The summed E-state index contributed by atoms with van der Waals surface area (Å²) >= 11 is 11.2. The Hall–Kier alpha value is -6.45. The van der Waals surface area contributed by atoms with Gasteiger partial charge in [0.1, 0.15) is 69.2 Å². The van der Waals surface area contributed by atoms with Gasteiger partial charge in [-0.1, -0.05) is 96.2 Å². The largest absolute Gasteiger partial charge is 1.00 e. The van der Waals surface area contributed by atoms with Crippen molar-refractivity contribution in [3.05, 3.63) is 135 Å². The van der Waals surface area contributed by atoms with Crippen LogP contribution in [0.25, 0.3) is 0 Å². The number of carbonyl (C=O) groups is 9. The third-order valence-electron chi connectivity index (χ3n) is 12.9. The molecule has 6 aliphatic rings. The molecule has 0 spiro atoms. The van der Waals surface area contributed by atoms with E-state index in [0.717, 1.165) is 4.90 Å². The van der Waals surface area contributed by atoms with Gasteiger partial charge in [-0.3, -0.25) is 43.5 Å². The molecule has 0 bridgehead atoms. The van der Waals surface area contributed by atoms with Crippen LogP contribution >= 0.6 is 58.6 Å². The van der Waals surface area contributed by atoms with Gasteiger partial charge >= 0.3 is 47.5 Å². The number of aliphatic carboxylic acids is 3. The molecule has 3 aromatic carbocycles. The van der Waals surface area contributed by atoms with E-state index in [2.05, 4.69) is 31.5 Å². The van der Waals surface area contributed by atoms with Crippen LogP contribution in [0.4, 0.5) is 0 Å². The molecule has 0 aliphatic carbocycles. The number of carboxylic acids is 3. The molecule has 6 aliphatic heterocycles. The normalized spacial score (nSPS) is 22.6. The van der Waals surface area contributed by atoms with Gasteiger partial charge in [-0.05, 0) is 57.3 Å². The smallest absolute Gasteiger partial charge is 1.00 e. The summed E-state index contributed by atoms with van der Waals surface area (Å²) in [6, 6.07) is 18.6. The van der Waals surface area contributed by atoms with E-state index in [1.165, 1.54) is 85.8 Å². The second kappa shape index (κ2) is 26.6. The number of halogens is 1. The quantitative estimate of drug-likeness (QED) is 0.0339. The van der Waals surface area contributed by atoms with Crippen LogP contribution in [0.3, 0.4) is 0 Å². The van der Waals surface area contributed by atoms with Gasteiger partial charge in [-0.15, -0.1) is 40.4 Å². The summed E-state index contributed by atoms with van der Waals surface area (Å²) in [5, 5.41) is 65.8. The van der Waals surface area contributed by atoms with Gasteiger partial charge in [0.2, 0.25) is 17.0 Å². The Kier molecular flexibility index (Phi) is 20.4. The number of nitrogens with two attached hydrogens (primary N) is 2. The molecule has 32 heteroatoms. The fourth-order valence-corrected chi connectivity index (χ4v) is 14.0. The van der Waals surface area contributed by atoms with Crippen molar-refractivity contribution in [3.63, 3.8) is 0 Å². The minimum atomic E-state index is -1.42. The number of carboxylic acid groups (broad SMARTS) is 3. The number of nitrogens with one attached hydrogen (secondary N) is 3. The number of carbonyl (C=O) groups excluding carboxylic acids is 6. The molecule has 3 fully saturated rings. The van der Waals surface area contributed by atoms with Crippen LogP contribution < -0.4 is 57.0 Å². The number of phenolic OH excluding ortho intramolecular Hbond substituents is 1. The second-order valence-electron chi connectivity index (χ2n) is 18.1. The van der Waals surface area contributed by atoms with E-state index in [-0.39, 0.29) is 64.6 Å². The molecule has 26 nitrogen and oxygen atoms in total. The van der Waals surface area contributed by atoms with Crippen LogP contribution in [-0.2, 0) is 50.2 Å². The SMILES string of the molecule is CC1=C(C(=O)O)N2C(=O)[C@@H](NC(=O)C(N)c3ccc(O)cc3)[C@H]2SC1.Cn1nnnc1SCC1=C(C(=O)O)N2C(=O)[C@@H](NC(=O)C(O)c3ccccc3)[C@H]2SC1.NC(C(=O)N[C@@H]1C(=O)N2C(C(=O)O)=C(Cl)CS[C@H]12)c1ccccc1.[H-].[Na+]. The number of aliphatic hydroxyl groups excluding tert-OH is 1. The number of aliphatic hydroxyl groups is 1. The van der Waals surface area contributed by atoms with Gasteiger partial charge in [0.05, 0.1) is 5.03 Å². The van der Waals surface area contributed by atoms with E-state index in [0.29, 0.717) is 50.3 Å². The maximum atomic E-state index is 12.7. The number of tetrazole rings is 1. The number of β-lactam (4-membered cyclic amide) rings is 3. The minimum Gasteiger partial charge on any atom is -1.00 e. The number of aryl methyl sites for hydroxylation is 1. The summed E-state index contributed by atoms with van der Waals surface area (Å²) in [5.74, 6) is -5.34. The third kappa shape index (κ3) is 13.1. The van der Waals surface area contributed by atoms with E-state index in [9.17, 15) is 68.7 Å². The zero-order chi connectivity index (χ0) is 57.9. The van der Waals surface area contributed by atoms with Crippen molar-refractivity contribution < 1.29 is 99.7 Å². The van der Waals surface area contributed by atoms with Crippen LogP contribution in [0.1, 0.15) is 43.2 Å². The molecular weight excluding hydrogens is 1170 g/mol. The molecule has 3 saturated heterocycles. The van der Waals surface area contributed by atoms with Crippen LogP contribution in [-0.4, -0.2) is 171 Å². The molecule has 422 valence electrons. The molecule has 10 rings (SSSR count). The summed E-state index contributed by atoms with van der Waals surface area (Å²) < 4.78 is 1.48. The number of hydrogen-bond donors (Lipinski definition) is 10. The summed E-state index contributed by atoms with van der Waals surface area (Å²) in [5.41, 5.74) is 14.2. The fourth-order valence-electron chi connectivity index (χ4n) is 8.80. The number of rotatable bonds is 15. The van der Waals surface area contributed by atoms with Gasteiger partial charge in [-0.25, -0.2) is 19.1 Å². The first-order valence-electron chi connectivity index (χ1n) is 23.8. The van der Waals surface area contributed by atoms with Crippen molar-refractivity contribution in [1.82, 2.24) is 50.9 Å². The Labute approximate surface area is 505 Å². The third-order valence-corrected chi connectivity index (χ3v) is 18.5. The Morgan fingerprint density at radius 3 is 1.58 bits per heavy atom. The Bertz CT molecular complexity index is 3260. The van der Waals surface area contributed by atoms with Crippen LogP contribution in [0, 0.1) is 0 Å². The van der Waals surface area contributed by atoms with Gasteiger partial charge in [0.15, 0.2) is 6.10 Å². The van der Waals surface area contributed by atoms with E-state index < -0.39 is 106 Å². The van der Waals surface area contributed by atoms with E-state index >= 15 is 0 Å². The van der Waals surface area contributed by atoms with Gasteiger partial charge in [0.25, 0.3) is 23.6 Å². The number of thioether (sulfide) groups is 4. The molecule has 81 heavy (non-hydrogen) atoms. The molecular formula is C49H50ClN12NaO14S4. The Morgan fingerprint density at radius 2 is 1.10 bits per heavy atom. The zero-order valence-corrected chi connectivity index (χ0v) is 48.8. The number of fused-ring (bicyclic) bond motifs is 3. The topological polar surface area (TPSA) is 396 Å². The molecule has 6 amide bonds. The van der Waals surface area contributed by atoms with Crippen molar-refractivity contribution in [2.45, 2.75) is 64.5 Å². The van der Waals surface area contributed by atoms with E-state index in [4.69, 9.17) is 23.1 Å². The fraction of sp³-hybridized carbons (Fsp3) is 0.306. The number of amides is 6. The van der Waals surface area contributed by atoms with Crippen molar-refractivity contribution in [3.8, 4) is 5.75 Å². The number of aromatic nitrogens is 4. The first-order valence-corrected chi connectivity index (χ1v) is 28.3. The first kappa shape index (κ1) is 62.2. The molecule has 7 heterocycles. The summed E-state index contributed by atoms with van der Waals surface area (Å²) in [6.07, 6.45) is -1.42. The first-order chi connectivity index (χ1) is 38.1. The van der Waals surface area contributed by atoms with E-state index in [1.54, 1.807) is 68.6 Å². The van der Waals surface area contributed by atoms with Gasteiger partial charge in [-0.2, -0.15) is 0 Å². The minimum absolute atomic E-state index is 0. The zero-order valence-electron chi connectivity index (χ0n) is 43.8. The number of hydrogen-bond acceptors (Lipinski definition) is 20. The van der Waals surface area contributed by atoms with Gasteiger partial charge in [0, 0.05) is 30.1 Å². The van der Waals surface area contributed by atoms with Gasteiger partial charge < -0.3 is 54.4 Å². The Balaban J connectivity index is 0.000000197. The van der Waals surface area contributed by atoms with Crippen molar-refractivity contribution >= 4 is 112 Å². The molecule has 0 saturated carbocycles. The predicted molar refractivity (Wildman–Crippen MR) is 291 cm³/mol. The average Bonchev–Trinajstić information content (AvgIpc) is 3.87. The van der Waals surface area contributed by atoms with E-state index in [1.807, 2.05) is 6.07 Å². The Morgan fingerprint density at radius 1 is 0.667 bits per heavy atom. The maximum Gasteiger partial charge on any atom is 1.00 e. The number of benzene rings is 3. The monoisotopic (exact) mass is 1220 g/mol. The molecule has 1 aromatic heterocycles. The van der Waals surface area contributed by atoms with Crippen molar-refractivity contribution in [2.24, 2.45) is 18.5 Å². The standard InChI is InChI=1S/C18H18N6O5S2.C16H17N3O5S.C15H14ClN3O4S.Na.H/c1-23-18(20-21-22-23)31-8-10-7-30-16-11(15(27)24(16)12(10)17(28)29)19-14(26)13(25)9-5-3-2-4-6-9;1-7-6-25-15-11(14(22)19(15)12(7)16(23)24)18-13(21)10(17)8-2-4-9(20)5-3-8;16-8-6-24-14-10(13(21)19(14)11(8)15(22)23)18-12(20)9(17)7-4-2-1-3-5-7;;/h2-6,11,13,16,25H,7-8H2,1H3,(H,19,26)(H,28,29);2-5,10-11,15,20H,6,17H2,1H3,(H,18,21)(H,23,24);1-5,9-10,14H,6,17H2,(H,18,20)(H,22,23);;/q;;;+1;-1/t11-,13?,16-;10?,11-,15-;9?,10-,14-;;/m111../s1. The molecule has 3 unspecified atom stereocenters. The number of nitrogens with zero attached hydrogens (tertiary/aromatic N) is 7. The maximum absolute atomic E-state index is 12.7. The molecule has 12 N–H and O–H groups in total. The second-order valence-corrected chi connectivity index (χ2v) is 22.8. The molecule has 9 atom stereocenters. The molecule has 4 aromatic rings. The van der Waals surface area contributed by atoms with Crippen molar-refractivity contribution in [2.75, 3.05) is 23.0 Å². The number of phenols is 1. The molecule has 0 radical (unpaired) electrons. The van der Waals surface area contributed by atoms with Crippen LogP contribution in [0.15, 0.2) is 123 Å². The van der Waals surface area contributed by atoms with Crippen LogP contribution in [0.2, 0.25) is 0 Å². The average molecular weight is 1220 g/mol. The number of aromatic hydroxyl groups is 1.